The number of anilines is 1. The van der Waals surface area contributed by atoms with E-state index in [0.29, 0.717) is 17.5 Å². The van der Waals surface area contributed by atoms with Gasteiger partial charge in [0.05, 0.1) is 0 Å². The molecule has 0 aliphatic carbocycles. The van der Waals surface area contributed by atoms with Crippen molar-refractivity contribution in [3.05, 3.63) is 76.9 Å². The van der Waals surface area contributed by atoms with Crippen molar-refractivity contribution in [2.45, 2.75) is 40.5 Å². The topological polar surface area (TPSA) is 64.4 Å². The van der Waals surface area contributed by atoms with Crippen LogP contribution >= 0.6 is 0 Å². The molecule has 0 aliphatic heterocycles. The molecule has 5 heteroatoms. The van der Waals surface area contributed by atoms with Crippen LogP contribution in [0.15, 0.2) is 59.0 Å². The fraction of sp³-hybridized carbons (Fsp3) is 0.259. The summed E-state index contributed by atoms with van der Waals surface area (Å²) in [4.78, 5) is 17.3. The molecule has 0 atom stereocenters. The van der Waals surface area contributed by atoms with Gasteiger partial charge in [0.1, 0.15) is 11.3 Å². The highest BCUT2D eigenvalue weighted by Crippen LogP contribution is 2.29. The van der Waals surface area contributed by atoms with Gasteiger partial charge in [-0.25, -0.2) is 4.98 Å². The summed E-state index contributed by atoms with van der Waals surface area (Å²) >= 11 is 0. The molecule has 1 heterocycles. The van der Waals surface area contributed by atoms with Crippen molar-refractivity contribution in [3.63, 3.8) is 0 Å². The number of aromatic nitrogens is 1. The van der Waals surface area contributed by atoms with Gasteiger partial charge in [-0.05, 0) is 79.3 Å². The second-order valence-corrected chi connectivity index (χ2v) is 8.55. The van der Waals surface area contributed by atoms with E-state index in [0.717, 1.165) is 44.7 Å². The molecule has 0 unspecified atom stereocenters. The van der Waals surface area contributed by atoms with Crippen molar-refractivity contribution in [1.82, 2.24) is 4.98 Å². The molecule has 4 rings (SSSR count). The Morgan fingerprint density at radius 1 is 1.00 bits per heavy atom. The van der Waals surface area contributed by atoms with Gasteiger partial charge in [-0.2, -0.15) is 0 Å². The van der Waals surface area contributed by atoms with E-state index < -0.39 is 0 Å². The minimum atomic E-state index is -0.213. The number of hydrogen-bond donors (Lipinski definition) is 1. The van der Waals surface area contributed by atoms with Crippen LogP contribution in [0.1, 0.15) is 42.0 Å². The molecule has 32 heavy (non-hydrogen) atoms. The van der Waals surface area contributed by atoms with Gasteiger partial charge < -0.3 is 14.5 Å². The predicted molar refractivity (Wildman–Crippen MR) is 128 cm³/mol. The summed E-state index contributed by atoms with van der Waals surface area (Å²) in [7, 11) is 0. The Hall–Kier alpha value is -3.60. The quantitative estimate of drug-likeness (QED) is 0.378. The monoisotopic (exact) mass is 428 g/mol. The molecular formula is C27H28N2O3. The first kappa shape index (κ1) is 21.6. The van der Waals surface area contributed by atoms with E-state index in [1.54, 1.807) is 0 Å². The predicted octanol–water partition coefficient (Wildman–Crippen LogP) is 6.56. The number of nitrogens with zero attached hydrogens (tertiary/aromatic N) is 1. The Bertz CT molecular complexity index is 1290. The third kappa shape index (κ3) is 4.67. The van der Waals surface area contributed by atoms with Crippen LogP contribution in [-0.4, -0.2) is 17.5 Å². The van der Waals surface area contributed by atoms with Crippen LogP contribution in [0.2, 0.25) is 0 Å². The van der Waals surface area contributed by atoms with Crippen molar-refractivity contribution in [2.75, 3.05) is 11.9 Å². The van der Waals surface area contributed by atoms with Crippen molar-refractivity contribution in [2.24, 2.45) is 0 Å². The van der Waals surface area contributed by atoms with Gasteiger partial charge in [0, 0.05) is 11.3 Å². The third-order valence-electron chi connectivity index (χ3n) is 5.45. The highest BCUT2D eigenvalue weighted by molar-refractivity contribution is 5.93. The Balaban J connectivity index is 1.51. The van der Waals surface area contributed by atoms with Gasteiger partial charge in [0.2, 0.25) is 5.89 Å². The number of carbonyl (C=O) groups excluding carboxylic acids is 1. The fourth-order valence-electron chi connectivity index (χ4n) is 3.62. The summed E-state index contributed by atoms with van der Waals surface area (Å²) in [6.07, 6.45) is 0. The van der Waals surface area contributed by atoms with E-state index in [-0.39, 0.29) is 12.5 Å². The van der Waals surface area contributed by atoms with Gasteiger partial charge >= 0.3 is 0 Å². The summed E-state index contributed by atoms with van der Waals surface area (Å²) in [6, 6.07) is 17.8. The molecule has 4 aromatic rings. The molecule has 1 aromatic heterocycles. The normalized spacial score (nSPS) is 11.2. The molecule has 0 fully saturated rings. The van der Waals surface area contributed by atoms with Crippen LogP contribution in [-0.2, 0) is 4.79 Å². The van der Waals surface area contributed by atoms with E-state index in [2.05, 4.69) is 36.3 Å². The lowest BCUT2D eigenvalue weighted by Gasteiger charge is -2.15. The summed E-state index contributed by atoms with van der Waals surface area (Å²) in [5.41, 5.74) is 7.35. The van der Waals surface area contributed by atoms with E-state index in [9.17, 15) is 4.79 Å². The molecule has 1 N–H and O–H groups in total. The lowest BCUT2D eigenvalue weighted by atomic mass is 10.0. The van der Waals surface area contributed by atoms with Gasteiger partial charge in [0.25, 0.3) is 5.91 Å². The number of carbonyl (C=O) groups is 1. The SMILES string of the molecule is Cc1ccc(C(C)C)c(OCC(=O)Nc2cc(-c3nc4cc(C)ccc4o3)ccc2C)c1. The average Bonchev–Trinajstić information content (AvgIpc) is 3.17. The Morgan fingerprint density at radius 2 is 1.75 bits per heavy atom. The van der Waals surface area contributed by atoms with Crippen LogP contribution in [0.5, 0.6) is 5.75 Å². The lowest BCUT2D eigenvalue weighted by molar-refractivity contribution is -0.118. The van der Waals surface area contributed by atoms with Crippen LogP contribution in [0.4, 0.5) is 5.69 Å². The lowest BCUT2D eigenvalue weighted by Crippen LogP contribution is -2.21. The fourth-order valence-corrected chi connectivity index (χ4v) is 3.62. The second-order valence-electron chi connectivity index (χ2n) is 8.55. The highest BCUT2D eigenvalue weighted by Gasteiger charge is 2.14. The average molecular weight is 429 g/mol. The van der Waals surface area contributed by atoms with Crippen molar-refractivity contribution < 1.29 is 13.9 Å². The van der Waals surface area contributed by atoms with Crippen molar-refractivity contribution in [1.29, 1.82) is 0 Å². The third-order valence-corrected chi connectivity index (χ3v) is 5.45. The largest absolute Gasteiger partial charge is 0.483 e. The van der Waals surface area contributed by atoms with Gasteiger partial charge in [-0.15, -0.1) is 0 Å². The number of aryl methyl sites for hydroxylation is 3. The van der Waals surface area contributed by atoms with Crippen molar-refractivity contribution >= 4 is 22.7 Å². The van der Waals surface area contributed by atoms with Gasteiger partial charge in [-0.1, -0.05) is 38.1 Å². The smallest absolute Gasteiger partial charge is 0.262 e. The maximum absolute atomic E-state index is 12.7. The van der Waals surface area contributed by atoms with Crippen LogP contribution < -0.4 is 10.1 Å². The molecule has 0 aliphatic rings. The van der Waals surface area contributed by atoms with Crippen molar-refractivity contribution in [3.8, 4) is 17.2 Å². The standard InChI is InChI=1S/C27H28N2O3/c1-16(2)21-10-6-18(4)13-25(21)31-15-26(30)28-22-14-20(9-8-19(22)5)27-29-23-12-17(3)7-11-24(23)32-27/h6-14,16H,15H2,1-5H3,(H,28,30). The molecule has 0 radical (unpaired) electrons. The Labute approximate surface area is 188 Å². The minimum absolute atomic E-state index is 0.0605. The maximum atomic E-state index is 12.7. The molecule has 0 spiro atoms. The first-order valence-corrected chi connectivity index (χ1v) is 10.8. The zero-order valence-corrected chi connectivity index (χ0v) is 19.2. The first-order valence-electron chi connectivity index (χ1n) is 10.8. The number of rotatable bonds is 6. The minimum Gasteiger partial charge on any atom is -0.483 e. The van der Waals surface area contributed by atoms with Gasteiger partial charge in [0.15, 0.2) is 12.2 Å². The highest BCUT2D eigenvalue weighted by atomic mass is 16.5. The number of benzene rings is 3. The molecule has 0 saturated carbocycles. The van der Waals surface area contributed by atoms with Crippen LogP contribution in [0, 0.1) is 20.8 Å². The zero-order valence-electron chi connectivity index (χ0n) is 19.2. The summed E-state index contributed by atoms with van der Waals surface area (Å²) in [5, 5.41) is 2.96. The number of fused-ring (bicyclic) bond motifs is 1. The molecule has 5 nitrogen and oxygen atoms in total. The zero-order chi connectivity index (χ0) is 22.8. The molecule has 164 valence electrons. The number of hydrogen-bond acceptors (Lipinski definition) is 4. The Morgan fingerprint density at radius 3 is 2.53 bits per heavy atom. The summed E-state index contributed by atoms with van der Waals surface area (Å²) < 4.78 is 11.8. The second kappa shape index (κ2) is 8.87. The number of amides is 1. The Kier molecular flexibility index (Phi) is 5.99. The number of nitrogens with one attached hydrogen (secondary N) is 1. The molecule has 0 bridgehead atoms. The molecule has 1 amide bonds. The molecular weight excluding hydrogens is 400 g/mol. The van der Waals surface area contributed by atoms with Crippen LogP contribution in [0.3, 0.4) is 0 Å². The molecule has 0 saturated heterocycles. The van der Waals surface area contributed by atoms with E-state index >= 15 is 0 Å². The number of ether oxygens (including phenoxy) is 1. The van der Waals surface area contributed by atoms with E-state index in [1.165, 1.54) is 0 Å². The van der Waals surface area contributed by atoms with E-state index in [1.807, 2.05) is 63.2 Å². The summed E-state index contributed by atoms with van der Waals surface area (Å²) in [6.45, 7) is 10.2. The van der Waals surface area contributed by atoms with E-state index in [4.69, 9.17) is 9.15 Å². The van der Waals surface area contributed by atoms with Gasteiger partial charge in [-0.3, -0.25) is 4.79 Å². The number of oxazole rings is 1. The maximum Gasteiger partial charge on any atom is 0.262 e. The summed E-state index contributed by atoms with van der Waals surface area (Å²) in [5.74, 6) is 1.38. The van der Waals surface area contributed by atoms with Crippen LogP contribution in [0.25, 0.3) is 22.6 Å². The molecule has 3 aromatic carbocycles. The first-order chi connectivity index (χ1) is 15.3.